The summed E-state index contributed by atoms with van der Waals surface area (Å²) >= 11 is 0. The second kappa shape index (κ2) is 9.33. The van der Waals surface area contributed by atoms with Gasteiger partial charge in [0.15, 0.2) is 0 Å². The Hall–Kier alpha value is -3.41. The Bertz CT molecular complexity index is 867. The summed E-state index contributed by atoms with van der Waals surface area (Å²) < 4.78 is 5.14. The van der Waals surface area contributed by atoms with Crippen molar-refractivity contribution < 1.29 is 9.53 Å². The summed E-state index contributed by atoms with van der Waals surface area (Å²) in [6.07, 6.45) is 7.56. The Labute approximate surface area is 158 Å². The first kappa shape index (κ1) is 18.4. The van der Waals surface area contributed by atoms with Crippen LogP contribution in [0.5, 0.6) is 5.75 Å². The molecule has 138 valence electrons. The van der Waals surface area contributed by atoms with Crippen LogP contribution in [0.3, 0.4) is 0 Å². The number of pyridine rings is 2. The molecule has 2 heterocycles. The Balaban J connectivity index is 1.50. The molecule has 0 radical (unpaired) electrons. The van der Waals surface area contributed by atoms with E-state index in [2.05, 4.69) is 20.6 Å². The number of benzene rings is 1. The van der Waals surface area contributed by atoms with E-state index >= 15 is 0 Å². The van der Waals surface area contributed by atoms with Gasteiger partial charge in [0, 0.05) is 37.9 Å². The lowest BCUT2D eigenvalue weighted by Crippen LogP contribution is -2.25. The maximum Gasteiger partial charge on any atom is 0.252 e. The van der Waals surface area contributed by atoms with Crippen molar-refractivity contribution in [2.45, 2.75) is 13.0 Å². The zero-order valence-electron chi connectivity index (χ0n) is 15.2. The van der Waals surface area contributed by atoms with E-state index in [0.29, 0.717) is 18.7 Å². The molecule has 6 heteroatoms. The van der Waals surface area contributed by atoms with Crippen LogP contribution in [0, 0.1) is 0 Å². The van der Waals surface area contributed by atoms with Gasteiger partial charge < -0.3 is 15.4 Å². The summed E-state index contributed by atoms with van der Waals surface area (Å²) in [5, 5.41) is 6.18. The summed E-state index contributed by atoms with van der Waals surface area (Å²) in [7, 11) is 1.64. The molecule has 3 rings (SSSR count). The van der Waals surface area contributed by atoms with E-state index < -0.39 is 0 Å². The van der Waals surface area contributed by atoms with Crippen molar-refractivity contribution in [3.63, 3.8) is 0 Å². The van der Waals surface area contributed by atoms with Gasteiger partial charge in [-0.3, -0.25) is 14.8 Å². The minimum absolute atomic E-state index is 0.138. The zero-order valence-corrected chi connectivity index (χ0v) is 15.2. The topological polar surface area (TPSA) is 76.1 Å². The minimum atomic E-state index is -0.138. The fourth-order valence-electron chi connectivity index (χ4n) is 2.58. The number of aromatic nitrogens is 2. The number of nitrogens with one attached hydrogen (secondary N) is 2. The molecule has 0 unspecified atom stereocenters. The van der Waals surface area contributed by atoms with Crippen molar-refractivity contribution >= 4 is 11.6 Å². The van der Waals surface area contributed by atoms with E-state index in [-0.39, 0.29) is 5.91 Å². The van der Waals surface area contributed by atoms with Crippen molar-refractivity contribution in [1.29, 1.82) is 0 Å². The molecule has 0 aliphatic carbocycles. The summed E-state index contributed by atoms with van der Waals surface area (Å²) in [6.45, 7) is 1.18. The Morgan fingerprint density at radius 3 is 2.63 bits per heavy atom. The molecule has 0 saturated heterocycles. The average Bonchev–Trinajstić information content (AvgIpc) is 2.73. The molecule has 3 aromatic rings. The third-order valence-corrected chi connectivity index (χ3v) is 4.08. The third kappa shape index (κ3) is 5.54. The van der Waals surface area contributed by atoms with Crippen LogP contribution < -0.4 is 15.4 Å². The fraction of sp³-hybridized carbons (Fsp3) is 0.190. The van der Waals surface area contributed by atoms with E-state index in [9.17, 15) is 4.79 Å². The van der Waals surface area contributed by atoms with Gasteiger partial charge in [0.25, 0.3) is 5.91 Å². The molecule has 0 atom stereocenters. The van der Waals surface area contributed by atoms with E-state index in [1.54, 1.807) is 38.0 Å². The molecule has 0 fully saturated rings. The van der Waals surface area contributed by atoms with Crippen LogP contribution in [0.1, 0.15) is 21.5 Å². The van der Waals surface area contributed by atoms with Gasteiger partial charge in [0.1, 0.15) is 5.75 Å². The second-order valence-corrected chi connectivity index (χ2v) is 6.03. The van der Waals surface area contributed by atoms with Crippen molar-refractivity contribution in [3.05, 3.63) is 83.9 Å². The average molecular weight is 362 g/mol. The number of rotatable bonds is 8. The number of hydrogen-bond acceptors (Lipinski definition) is 5. The number of hydrogen-bond donors (Lipinski definition) is 2. The van der Waals surface area contributed by atoms with E-state index in [1.165, 1.54) is 0 Å². The molecular weight excluding hydrogens is 340 g/mol. The SMILES string of the molecule is COc1ccc(CCNC(=O)c2cncc(NCc3cccnc3)c2)cc1. The van der Waals surface area contributed by atoms with Gasteiger partial charge in [0.05, 0.1) is 18.4 Å². The zero-order chi connectivity index (χ0) is 18.9. The van der Waals surface area contributed by atoms with Gasteiger partial charge in [-0.15, -0.1) is 0 Å². The molecule has 0 aliphatic heterocycles. The minimum Gasteiger partial charge on any atom is -0.497 e. The third-order valence-electron chi connectivity index (χ3n) is 4.08. The van der Waals surface area contributed by atoms with E-state index in [0.717, 1.165) is 29.0 Å². The van der Waals surface area contributed by atoms with Gasteiger partial charge in [0.2, 0.25) is 0 Å². The standard InChI is InChI=1S/C21H22N4O2/c1-27-20-6-4-16(5-7-20)8-10-24-21(26)18-11-19(15-23-14-18)25-13-17-3-2-9-22-12-17/h2-7,9,11-12,14-15,25H,8,10,13H2,1H3,(H,24,26). The molecule has 0 saturated carbocycles. The van der Waals surface area contributed by atoms with Gasteiger partial charge in [-0.1, -0.05) is 18.2 Å². The fourth-order valence-corrected chi connectivity index (χ4v) is 2.58. The van der Waals surface area contributed by atoms with Crippen LogP contribution in [0.2, 0.25) is 0 Å². The maximum atomic E-state index is 12.4. The summed E-state index contributed by atoms with van der Waals surface area (Å²) in [5.41, 5.74) is 3.52. The smallest absolute Gasteiger partial charge is 0.252 e. The Kier molecular flexibility index (Phi) is 6.35. The largest absolute Gasteiger partial charge is 0.497 e. The Morgan fingerprint density at radius 1 is 1.04 bits per heavy atom. The lowest BCUT2D eigenvalue weighted by Gasteiger charge is -2.09. The molecule has 1 aromatic carbocycles. The van der Waals surface area contributed by atoms with Gasteiger partial charge >= 0.3 is 0 Å². The maximum absolute atomic E-state index is 12.4. The highest BCUT2D eigenvalue weighted by atomic mass is 16.5. The lowest BCUT2D eigenvalue weighted by atomic mass is 10.1. The molecule has 6 nitrogen and oxygen atoms in total. The van der Waals surface area contributed by atoms with Crippen molar-refractivity contribution in [1.82, 2.24) is 15.3 Å². The molecular formula is C21H22N4O2. The number of amides is 1. The van der Waals surface area contributed by atoms with Crippen LogP contribution in [0.15, 0.2) is 67.3 Å². The number of carbonyl (C=O) groups excluding carboxylic acids is 1. The van der Waals surface area contributed by atoms with Gasteiger partial charge in [-0.25, -0.2) is 0 Å². The molecule has 2 N–H and O–H groups in total. The molecule has 1 amide bonds. The molecule has 0 spiro atoms. The predicted octanol–water partition coefficient (Wildman–Crippen LogP) is 3.07. The predicted molar refractivity (Wildman–Crippen MR) is 105 cm³/mol. The molecule has 2 aromatic heterocycles. The van der Waals surface area contributed by atoms with Crippen LogP contribution in [-0.4, -0.2) is 29.5 Å². The second-order valence-electron chi connectivity index (χ2n) is 6.03. The summed E-state index contributed by atoms with van der Waals surface area (Å²) in [6, 6.07) is 13.5. The molecule has 0 aliphatic rings. The van der Waals surface area contributed by atoms with Crippen LogP contribution in [0.25, 0.3) is 0 Å². The van der Waals surface area contributed by atoms with Crippen LogP contribution >= 0.6 is 0 Å². The molecule has 0 bridgehead atoms. The highest BCUT2D eigenvalue weighted by Crippen LogP contribution is 2.12. The number of ether oxygens (including phenoxy) is 1. The number of carbonyl (C=O) groups is 1. The lowest BCUT2D eigenvalue weighted by molar-refractivity contribution is 0.0954. The van der Waals surface area contributed by atoms with Gasteiger partial charge in [-0.2, -0.15) is 0 Å². The first-order chi connectivity index (χ1) is 13.2. The highest BCUT2D eigenvalue weighted by molar-refractivity contribution is 5.94. The van der Waals surface area contributed by atoms with Crippen molar-refractivity contribution in [2.75, 3.05) is 19.0 Å². The monoisotopic (exact) mass is 362 g/mol. The van der Waals surface area contributed by atoms with Crippen LogP contribution in [0.4, 0.5) is 5.69 Å². The first-order valence-electron chi connectivity index (χ1n) is 8.73. The van der Waals surface area contributed by atoms with Crippen molar-refractivity contribution in [2.24, 2.45) is 0 Å². The number of methoxy groups -OCH3 is 1. The quantitative estimate of drug-likeness (QED) is 0.644. The first-order valence-corrected chi connectivity index (χ1v) is 8.73. The van der Waals surface area contributed by atoms with Gasteiger partial charge in [-0.05, 0) is 41.8 Å². The van der Waals surface area contributed by atoms with E-state index in [4.69, 9.17) is 4.74 Å². The highest BCUT2D eigenvalue weighted by Gasteiger charge is 2.07. The summed E-state index contributed by atoms with van der Waals surface area (Å²) in [5.74, 6) is 0.686. The number of nitrogens with zero attached hydrogens (tertiary/aromatic N) is 2. The van der Waals surface area contributed by atoms with Crippen LogP contribution in [-0.2, 0) is 13.0 Å². The van der Waals surface area contributed by atoms with Crippen molar-refractivity contribution in [3.8, 4) is 5.75 Å². The normalized spacial score (nSPS) is 10.3. The summed E-state index contributed by atoms with van der Waals surface area (Å²) in [4.78, 5) is 20.6. The Morgan fingerprint density at radius 2 is 1.89 bits per heavy atom. The molecule has 27 heavy (non-hydrogen) atoms. The number of anilines is 1. The van der Waals surface area contributed by atoms with E-state index in [1.807, 2.05) is 36.4 Å².